The fourth-order valence-corrected chi connectivity index (χ4v) is 2.22. The van der Waals surface area contributed by atoms with Crippen LogP contribution in [0.25, 0.3) is 0 Å². The third kappa shape index (κ3) is 5.17. The van der Waals surface area contributed by atoms with Gasteiger partial charge in [-0.1, -0.05) is 24.3 Å². The van der Waals surface area contributed by atoms with Crippen molar-refractivity contribution in [2.24, 2.45) is 0 Å². The molecule has 0 spiro atoms. The molecule has 24 heavy (non-hydrogen) atoms. The second-order valence-electron chi connectivity index (χ2n) is 5.48. The topological polar surface area (TPSA) is 70.2 Å². The number of carbonyl (C=O) groups is 2. The summed E-state index contributed by atoms with van der Waals surface area (Å²) >= 11 is 5.15. The minimum Gasteiger partial charge on any atom is -0.350 e. The summed E-state index contributed by atoms with van der Waals surface area (Å²) in [6.07, 6.45) is 0. The first-order valence-electron chi connectivity index (χ1n) is 7.54. The Morgan fingerprint density at radius 2 is 1.58 bits per heavy atom. The van der Waals surface area contributed by atoms with Gasteiger partial charge >= 0.3 is 0 Å². The summed E-state index contributed by atoms with van der Waals surface area (Å²) in [4.78, 5) is 24.1. The normalized spacial score (nSPS) is 10.1. The zero-order valence-corrected chi connectivity index (χ0v) is 14.3. The molecule has 0 aliphatic rings. The third-order valence-corrected chi connectivity index (χ3v) is 3.27. The van der Waals surface area contributed by atoms with E-state index in [1.54, 1.807) is 48.5 Å². The number of nitrogens with one attached hydrogen (secondary N) is 3. The molecule has 0 saturated heterocycles. The maximum absolute atomic E-state index is 12.0. The summed E-state index contributed by atoms with van der Waals surface area (Å²) in [5.74, 6) is -0.449. The molecule has 2 amide bonds. The van der Waals surface area contributed by atoms with Crippen molar-refractivity contribution in [3.05, 3.63) is 65.7 Å². The molecule has 2 rings (SSSR count). The molecule has 124 valence electrons. The maximum atomic E-state index is 12.0. The average molecular weight is 341 g/mol. The summed E-state index contributed by atoms with van der Waals surface area (Å²) in [5, 5.41) is 8.51. The SMILES string of the molecule is CC(C)NC(=O)c1cccc(NC(=S)NC(=O)c2ccccc2)c1. The Bertz CT molecular complexity index is 745. The summed E-state index contributed by atoms with van der Waals surface area (Å²) in [5.41, 5.74) is 1.67. The Labute approximate surface area is 146 Å². The van der Waals surface area contributed by atoms with Crippen molar-refractivity contribution in [3.8, 4) is 0 Å². The molecule has 3 N–H and O–H groups in total. The smallest absolute Gasteiger partial charge is 0.257 e. The highest BCUT2D eigenvalue weighted by molar-refractivity contribution is 7.80. The first kappa shape index (κ1) is 17.6. The van der Waals surface area contributed by atoms with E-state index in [9.17, 15) is 9.59 Å². The molecule has 0 bridgehead atoms. The minimum atomic E-state index is -0.290. The molecule has 0 aromatic heterocycles. The lowest BCUT2D eigenvalue weighted by atomic mass is 10.2. The van der Waals surface area contributed by atoms with Crippen LogP contribution < -0.4 is 16.0 Å². The van der Waals surface area contributed by atoms with Crippen LogP contribution in [0, 0.1) is 0 Å². The summed E-state index contributed by atoms with van der Waals surface area (Å²) < 4.78 is 0. The molecule has 6 heteroatoms. The lowest BCUT2D eigenvalue weighted by Gasteiger charge is -2.12. The van der Waals surface area contributed by atoms with Gasteiger partial charge in [0.25, 0.3) is 11.8 Å². The van der Waals surface area contributed by atoms with Gasteiger partial charge < -0.3 is 10.6 Å². The lowest BCUT2D eigenvalue weighted by Crippen LogP contribution is -2.34. The van der Waals surface area contributed by atoms with Crippen molar-refractivity contribution in [3.63, 3.8) is 0 Å². The molecule has 0 saturated carbocycles. The molecule has 0 unspecified atom stereocenters. The summed E-state index contributed by atoms with van der Waals surface area (Å²) in [7, 11) is 0. The van der Waals surface area contributed by atoms with E-state index in [4.69, 9.17) is 12.2 Å². The van der Waals surface area contributed by atoms with Crippen LogP contribution in [0.3, 0.4) is 0 Å². The van der Waals surface area contributed by atoms with Crippen molar-refractivity contribution in [1.29, 1.82) is 0 Å². The van der Waals surface area contributed by atoms with Gasteiger partial charge in [-0.25, -0.2) is 0 Å². The van der Waals surface area contributed by atoms with Gasteiger partial charge in [-0.2, -0.15) is 0 Å². The number of hydrogen-bond acceptors (Lipinski definition) is 3. The number of amides is 2. The minimum absolute atomic E-state index is 0.0559. The highest BCUT2D eigenvalue weighted by Gasteiger charge is 2.10. The van der Waals surface area contributed by atoms with Gasteiger partial charge in [0.2, 0.25) is 0 Å². The van der Waals surface area contributed by atoms with Crippen LogP contribution in [0.1, 0.15) is 34.6 Å². The number of rotatable bonds is 4. The van der Waals surface area contributed by atoms with E-state index < -0.39 is 0 Å². The molecule has 0 aliphatic heterocycles. The first-order chi connectivity index (χ1) is 11.5. The molecule has 2 aromatic carbocycles. The lowest BCUT2D eigenvalue weighted by molar-refractivity contribution is 0.0941. The van der Waals surface area contributed by atoms with E-state index in [0.717, 1.165) is 0 Å². The Hall–Kier alpha value is -2.73. The maximum Gasteiger partial charge on any atom is 0.257 e. The van der Waals surface area contributed by atoms with Crippen LogP contribution in [0.15, 0.2) is 54.6 Å². The van der Waals surface area contributed by atoms with E-state index in [2.05, 4.69) is 16.0 Å². The quantitative estimate of drug-likeness (QED) is 0.748. The summed E-state index contributed by atoms with van der Waals surface area (Å²) in [6, 6.07) is 15.8. The average Bonchev–Trinajstić information content (AvgIpc) is 2.55. The van der Waals surface area contributed by atoms with Gasteiger partial charge in [0.15, 0.2) is 5.11 Å². The fourth-order valence-electron chi connectivity index (χ4n) is 2.01. The van der Waals surface area contributed by atoms with E-state index in [0.29, 0.717) is 16.8 Å². The fraction of sp³-hybridized carbons (Fsp3) is 0.167. The van der Waals surface area contributed by atoms with E-state index >= 15 is 0 Å². The number of benzene rings is 2. The standard InChI is InChI=1S/C18H19N3O2S/c1-12(2)19-17(23)14-9-6-10-15(11-14)20-18(24)21-16(22)13-7-4-3-5-8-13/h3-12H,1-2H3,(H,19,23)(H2,20,21,22,24). The Kier molecular flexibility index (Phi) is 6.03. The number of anilines is 1. The Morgan fingerprint density at radius 3 is 2.25 bits per heavy atom. The van der Waals surface area contributed by atoms with Gasteiger partial charge in [0.05, 0.1) is 0 Å². The van der Waals surface area contributed by atoms with Gasteiger partial charge in [0.1, 0.15) is 0 Å². The van der Waals surface area contributed by atoms with Crippen molar-refractivity contribution >= 4 is 34.8 Å². The van der Waals surface area contributed by atoms with Crippen molar-refractivity contribution in [2.75, 3.05) is 5.32 Å². The largest absolute Gasteiger partial charge is 0.350 e. The number of carbonyl (C=O) groups excluding carboxylic acids is 2. The molecule has 0 fully saturated rings. The van der Waals surface area contributed by atoms with Crippen LogP contribution in [-0.4, -0.2) is 23.0 Å². The van der Waals surface area contributed by atoms with Gasteiger partial charge in [-0.05, 0) is 56.4 Å². The number of hydrogen-bond donors (Lipinski definition) is 3. The molecule has 0 atom stereocenters. The van der Waals surface area contributed by atoms with Crippen LogP contribution in [0.4, 0.5) is 5.69 Å². The van der Waals surface area contributed by atoms with Gasteiger partial charge in [0, 0.05) is 22.9 Å². The van der Waals surface area contributed by atoms with Crippen LogP contribution >= 0.6 is 12.2 Å². The highest BCUT2D eigenvalue weighted by Crippen LogP contribution is 2.11. The van der Waals surface area contributed by atoms with Crippen molar-refractivity contribution in [2.45, 2.75) is 19.9 Å². The van der Waals surface area contributed by atoms with Crippen LogP contribution in [0.2, 0.25) is 0 Å². The van der Waals surface area contributed by atoms with E-state index in [1.165, 1.54) is 0 Å². The first-order valence-corrected chi connectivity index (χ1v) is 7.95. The predicted molar refractivity (Wildman–Crippen MR) is 99.2 cm³/mol. The molecule has 0 radical (unpaired) electrons. The summed E-state index contributed by atoms with van der Waals surface area (Å²) in [6.45, 7) is 3.79. The Balaban J connectivity index is 1.99. The molecule has 0 aliphatic carbocycles. The third-order valence-electron chi connectivity index (χ3n) is 3.07. The second kappa shape index (κ2) is 8.21. The van der Waals surface area contributed by atoms with E-state index in [-0.39, 0.29) is 23.0 Å². The number of thiocarbonyl (C=S) groups is 1. The highest BCUT2D eigenvalue weighted by atomic mass is 32.1. The molecular weight excluding hydrogens is 322 g/mol. The molecule has 2 aromatic rings. The predicted octanol–water partition coefficient (Wildman–Crippen LogP) is 2.95. The Morgan fingerprint density at radius 1 is 0.917 bits per heavy atom. The van der Waals surface area contributed by atoms with Gasteiger partial charge in [-0.15, -0.1) is 0 Å². The van der Waals surface area contributed by atoms with Gasteiger partial charge in [-0.3, -0.25) is 14.9 Å². The van der Waals surface area contributed by atoms with Crippen molar-refractivity contribution in [1.82, 2.24) is 10.6 Å². The van der Waals surface area contributed by atoms with E-state index in [1.807, 2.05) is 19.9 Å². The monoisotopic (exact) mass is 341 g/mol. The zero-order valence-electron chi connectivity index (χ0n) is 13.5. The van der Waals surface area contributed by atoms with Crippen LogP contribution in [0.5, 0.6) is 0 Å². The molecule has 5 nitrogen and oxygen atoms in total. The van der Waals surface area contributed by atoms with Crippen LogP contribution in [-0.2, 0) is 0 Å². The molecular formula is C18H19N3O2S. The zero-order chi connectivity index (χ0) is 17.5. The second-order valence-corrected chi connectivity index (χ2v) is 5.89. The van der Waals surface area contributed by atoms with Crippen molar-refractivity contribution < 1.29 is 9.59 Å². The molecule has 0 heterocycles.